The number of aryl methyl sites for hydroxylation is 1. The molecule has 2 aromatic rings. The molecule has 0 saturated carbocycles. The molecule has 0 amide bonds. The minimum Gasteiger partial charge on any atom is -0.353 e. The van der Waals surface area contributed by atoms with E-state index < -0.39 is 0 Å². The number of nitrogens with zero attached hydrogens (tertiary/aromatic N) is 6. The van der Waals surface area contributed by atoms with Gasteiger partial charge in [0.15, 0.2) is 0 Å². The van der Waals surface area contributed by atoms with Crippen LogP contribution >= 0.6 is 11.6 Å². The van der Waals surface area contributed by atoms with Gasteiger partial charge >= 0.3 is 0 Å². The first-order valence-corrected chi connectivity index (χ1v) is 8.05. The van der Waals surface area contributed by atoms with Gasteiger partial charge in [-0.05, 0) is 19.1 Å². The number of aromatic nitrogens is 3. The zero-order chi connectivity index (χ0) is 16.4. The summed E-state index contributed by atoms with van der Waals surface area (Å²) in [6.45, 7) is 5.65. The van der Waals surface area contributed by atoms with Gasteiger partial charge in [-0.25, -0.2) is 9.97 Å². The van der Waals surface area contributed by atoms with Crippen molar-refractivity contribution in [3.05, 3.63) is 35.1 Å². The summed E-state index contributed by atoms with van der Waals surface area (Å²) in [5, 5.41) is 0.667. The van der Waals surface area contributed by atoms with Gasteiger partial charge in [0.1, 0.15) is 11.6 Å². The quantitative estimate of drug-likeness (QED) is 0.859. The Morgan fingerprint density at radius 2 is 1.65 bits per heavy atom. The molecule has 3 heterocycles. The molecule has 0 N–H and O–H groups in total. The van der Waals surface area contributed by atoms with E-state index in [4.69, 9.17) is 11.6 Å². The fraction of sp³-hybridized carbons (Fsp3) is 0.438. The van der Waals surface area contributed by atoms with E-state index in [1.165, 1.54) is 0 Å². The van der Waals surface area contributed by atoms with Crippen molar-refractivity contribution < 1.29 is 0 Å². The number of halogens is 1. The fourth-order valence-corrected chi connectivity index (χ4v) is 2.73. The van der Waals surface area contributed by atoms with Crippen LogP contribution in [-0.2, 0) is 0 Å². The van der Waals surface area contributed by atoms with Gasteiger partial charge in [-0.3, -0.25) is 0 Å². The summed E-state index contributed by atoms with van der Waals surface area (Å²) in [6.07, 6.45) is 1.69. The van der Waals surface area contributed by atoms with E-state index in [-0.39, 0.29) is 0 Å². The summed E-state index contributed by atoms with van der Waals surface area (Å²) in [6, 6.07) is 5.90. The normalized spacial score (nSPS) is 15.0. The average Bonchev–Trinajstić information content (AvgIpc) is 2.55. The van der Waals surface area contributed by atoms with E-state index in [0.29, 0.717) is 5.02 Å². The lowest BCUT2D eigenvalue weighted by molar-refractivity contribution is 0.640. The van der Waals surface area contributed by atoms with E-state index >= 15 is 0 Å². The summed E-state index contributed by atoms with van der Waals surface area (Å²) in [5.74, 6) is 2.72. The summed E-state index contributed by atoms with van der Waals surface area (Å²) in [5.41, 5.74) is 0.987. The Morgan fingerprint density at radius 3 is 2.22 bits per heavy atom. The molecule has 1 aliphatic heterocycles. The molecule has 0 atom stereocenters. The van der Waals surface area contributed by atoms with Crippen LogP contribution in [-0.4, -0.2) is 55.2 Å². The van der Waals surface area contributed by atoms with Crippen LogP contribution in [0.1, 0.15) is 5.69 Å². The number of piperazine rings is 1. The predicted octanol–water partition coefficient (Wildman–Crippen LogP) is 2.23. The van der Waals surface area contributed by atoms with Crippen LogP contribution in [0, 0.1) is 6.92 Å². The van der Waals surface area contributed by atoms with E-state index in [9.17, 15) is 0 Å². The van der Waals surface area contributed by atoms with Gasteiger partial charge in [-0.2, -0.15) is 4.98 Å². The van der Waals surface area contributed by atoms with Crippen LogP contribution in [0.4, 0.5) is 17.6 Å². The minimum absolute atomic E-state index is 0.667. The largest absolute Gasteiger partial charge is 0.353 e. The zero-order valence-corrected chi connectivity index (χ0v) is 14.5. The van der Waals surface area contributed by atoms with Gasteiger partial charge in [0.25, 0.3) is 0 Å². The molecule has 23 heavy (non-hydrogen) atoms. The van der Waals surface area contributed by atoms with Crippen molar-refractivity contribution in [1.82, 2.24) is 15.0 Å². The Balaban J connectivity index is 1.70. The molecule has 1 aliphatic rings. The molecule has 0 unspecified atom stereocenters. The van der Waals surface area contributed by atoms with Gasteiger partial charge in [-0.15, -0.1) is 0 Å². The van der Waals surface area contributed by atoms with Crippen LogP contribution in [0.2, 0.25) is 5.02 Å². The lowest BCUT2D eigenvalue weighted by Crippen LogP contribution is -2.47. The van der Waals surface area contributed by atoms with Crippen LogP contribution in [0.5, 0.6) is 0 Å². The molecule has 6 nitrogen and oxygen atoms in total. The molecule has 1 saturated heterocycles. The maximum Gasteiger partial charge on any atom is 0.226 e. The topological polar surface area (TPSA) is 48.4 Å². The Kier molecular flexibility index (Phi) is 4.52. The van der Waals surface area contributed by atoms with E-state index in [2.05, 4.69) is 24.8 Å². The second kappa shape index (κ2) is 6.58. The molecular weight excluding hydrogens is 312 g/mol. The van der Waals surface area contributed by atoms with Crippen molar-refractivity contribution in [1.29, 1.82) is 0 Å². The van der Waals surface area contributed by atoms with Crippen molar-refractivity contribution in [2.45, 2.75) is 6.92 Å². The summed E-state index contributed by atoms with van der Waals surface area (Å²) in [4.78, 5) is 20.0. The summed E-state index contributed by atoms with van der Waals surface area (Å²) in [7, 11) is 3.92. The lowest BCUT2D eigenvalue weighted by Gasteiger charge is -2.36. The van der Waals surface area contributed by atoms with Crippen molar-refractivity contribution in [3.63, 3.8) is 0 Å². The highest BCUT2D eigenvalue weighted by Gasteiger charge is 2.20. The molecule has 0 radical (unpaired) electrons. The first kappa shape index (κ1) is 15.8. The maximum absolute atomic E-state index is 5.90. The number of pyridine rings is 1. The Labute approximate surface area is 141 Å². The average molecular weight is 333 g/mol. The van der Waals surface area contributed by atoms with E-state index in [1.54, 1.807) is 6.20 Å². The number of hydrogen-bond acceptors (Lipinski definition) is 6. The van der Waals surface area contributed by atoms with E-state index in [0.717, 1.165) is 49.5 Å². The molecule has 7 heteroatoms. The SMILES string of the molecule is Cc1cc(N2CCN(c3ccc(Cl)cn3)CC2)nc(N(C)C)n1. The van der Waals surface area contributed by atoms with Gasteiger partial charge in [-0.1, -0.05) is 11.6 Å². The number of rotatable bonds is 3. The third-order valence-electron chi connectivity index (χ3n) is 3.87. The standard InChI is InChI=1S/C16H21ClN6/c1-12-10-15(20-16(19-12)21(2)3)23-8-6-22(7-9-23)14-5-4-13(17)11-18-14/h4-5,10-11H,6-9H2,1-3H3. The lowest BCUT2D eigenvalue weighted by atomic mass is 10.3. The maximum atomic E-state index is 5.90. The van der Waals surface area contributed by atoms with Gasteiger partial charge < -0.3 is 14.7 Å². The smallest absolute Gasteiger partial charge is 0.226 e. The third-order valence-corrected chi connectivity index (χ3v) is 4.09. The third kappa shape index (κ3) is 3.64. The van der Waals surface area contributed by atoms with Crippen LogP contribution in [0.25, 0.3) is 0 Å². The molecule has 3 rings (SSSR count). The molecule has 0 bridgehead atoms. The Morgan fingerprint density at radius 1 is 1.00 bits per heavy atom. The van der Waals surface area contributed by atoms with Gasteiger partial charge in [0.05, 0.1) is 5.02 Å². The Bertz CT molecular complexity index is 665. The molecular formula is C16H21ClN6. The molecule has 2 aromatic heterocycles. The molecule has 0 aliphatic carbocycles. The molecule has 0 spiro atoms. The minimum atomic E-state index is 0.667. The second-order valence-corrected chi connectivity index (χ2v) is 6.31. The summed E-state index contributed by atoms with van der Waals surface area (Å²) >= 11 is 5.90. The van der Waals surface area contributed by atoms with E-state index in [1.807, 2.05) is 44.1 Å². The van der Waals surface area contributed by atoms with Crippen LogP contribution in [0.15, 0.2) is 24.4 Å². The fourth-order valence-electron chi connectivity index (χ4n) is 2.62. The Hall–Kier alpha value is -2.08. The highest BCUT2D eigenvalue weighted by Crippen LogP contribution is 2.20. The molecule has 1 fully saturated rings. The van der Waals surface area contributed by atoms with Crippen molar-refractivity contribution in [2.75, 3.05) is 55.0 Å². The molecule has 0 aromatic carbocycles. The van der Waals surface area contributed by atoms with Gasteiger partial charge in [0, 0.05) is 58.2 Å². The predicted molar refractivity (Wildman–Crippen MR) is 94.8 cm³/mol. The molecule has 122 valence electrons. The number of anilines is 3. The zero-order valence-electron chi connectivity index (χ0n) is 13.7. The van der Waals surface area contributed by atoms with Crippen LogP contribution in [0.3, 0.4) is 0 Å². The van der Waals surface area contributed by atoms with Crippen molar-refractivity contribution in [2.24, 2.45) is 0 Å². The summed E-state index contributed by atoms with van der Waals surface area (Å²) < 4.78 is 0. The van der Waals surface area contributed by atoms with Crippen LogP contribution < -0.4 is 14.7 Å². The highest BCUT2D eigenvalue weighted by atomic mass is 35.5. The highest BCUT2D eigenvalue weighted by molar-refractivity contribution is 6.30. The second-order valence-electron chi connectivity index (χ2n) is 5.87. The monoisotopic (exact) mass is 332 g/mol. The number of hydrogen-bond donors (Lipinski definition) is 0. The first-order chi connectivity index (χ1) is 11.0. The van der Waals surface area contributed by atoms with Crippen molar-refractivity contribution >= 4 is 29.2 Å². The van der Waals surface area contributed by atoms with Crippen molar-refractivity contribution in [3.8, 4) is 0 Å². The first-order valence-electron chi connectivity index (χ1n) is 7.67. The van der Waals surface area contributed by atoms with Gasteiger partial charge in [0.2, 0.25) is 5.95 Å².